The van der Waals surface area contributed by atoms with E-state index in [4.69, 9.17) is 0 Å². The Bertz CT molecular complexity index is 748. The third kappa shape index (κ3) is 5.56. The Labute approximate surface area is 187 Å². The van der Waals surface area contributed by atoms with E-state index in [-0.39, 0.29) is 23.7 Å². The van der Waals surface area contributed by atoms with Crippen LogP contribution in [0.25, 0.3) is 0 Å². The van der Waals surface area contributed by atoms with Crippen LogP contribution in [0.4, 0.5) is 0 Å². The first kappa shape index (κ1) is 22.5. The van der Waals surface area contributed by atoms with Crippen LogP contribution in [0.15, 0.2) is 30.3 Å². The Hall–Kier alpha value is -1.72. The van der Waals surface area contributed by atoms with Crippen molar-refractivity contribution in [1.82, 2.24) is 15.1 Å². The molecule has 5 nitrogen and oxygen atoms in total. The fraction of sp³-hybridized carbons (Fsp3) is 0.692. The van der Waals surface area contributed by atoms with Gasteiger partial charge in [0.25, 0.3) is 0 Å². The van der Waals surface area contributed by atoms with Crippen molar-refractivity contribution in [3.63, 3.8) is 0 Å². The first-order valence-electron chi connectivity index (χ1n) is 12.3. The molecule has 170 valence electrons. The van der Waals surface area contributed by atoms with Gasteiger partial charge in [-0.05, 0) is 76.4 Å². The number of rotatable bonds is 9. The summed E-state index contributed by atoms with van der Waals surface area (Å²) in [6.07, 6.45) is 7.24. The average molecular weight is 426 g/mol. The summed E-state index contributed by atoms with van der Waals surface area (Å²) in [6.45, 7) is 5.95. The zero-order chi connectivity index (χ0) is 21.8. The highest BCUT2D eigenvalue weighted by molar-refractivity contribution is 5.90. The van der Waals surface area contributed by atoms with E-state index in [0.717, 1.165) is 51.9 Å². The molecule has 2 heterocycles. The maximum absolute atomic E-state index is 13.7. The Morgan fingerprint density at radius 3 is 2.58 bits per heavy atom. The van der Waals surface area contributed by atoms with E-state index in [0.29, 0.717) is 24.3 Å². The number of fused-ring (bicyclic) bond motifs is 1. The van der Waals surface area contributed by atoms with Crippen LogP contribution in [-0.4, -0.2) is 66.8 Å². The molecule has 0 bridgehead atoms. The van der Waals surface area contributed by atoms with E-state index in [9.17, 15) is 9.59 Å². The molecule has 3 fully saturated rings. The second-order valence-corrected chi connectivity index (χ2v) is 9.95. The first-order chi connectivity index (χ1) is 15.1. The smallest absolute Gasteiger partial charge is 0.226 e. The Morgan fingerprint density at radius 2 is 1.87 bits per heavy atom. The minimum absolute atomic E-state index is 0.108. The van der Waals surface area contributed by atoms with Gasteiger partial charge in [-0.15, -0.1) is 0 Å². The molecule has 2 saturated heterocycles. The molecule has 1 aliphatic carbocycles. The van der Waals surface area contributed by atoms with Gasteiger partial charge in [-0.25, -0.2) is 0 Å². The zero-order valence-corrected chi connectivity index (χ0v) is 19.3. The summed E-state index contributed by atoms with van der Waals surface area (Å²) in [5, 5.41) is 3.04. The number of nitrogens with one attached hydrogen (secondary N) is 1. The molecule has 0 radical (unpaired) electrons. The minimum Gasteiger partial charge on any atom is -0.338 e. The maximum atomic E-state index is 13.7. The van der Waals surface area contributed by atoms with E-state index in [2.05, 4.69) is 45.4 Å². The number of ketones is 1. The van der Waals surface area contributed by atoms with Crippen molar-refractivity contribution in [3.05, 3.63) is 35.9 Å². The predicted octanol–water partition coefficient (Wildman–Crippen LogP) is 3.14. The third-order valence-corrected chi connectivity index (χ3v) is 7.87. The van der Waals surface area contributed by atoms with Gasteiger partial charge in [-0.3, -0.25) is 9.59 Å². The molecule has 5 heteroatoms. The number of hydrogen-bond donors (Lipinski definition) is 1. The highest BCUT2D eigenvalue weighted by Crippen LogP contribution is 2.42. The van der Waals surface area contributed by atoms with Crippen LogP contribution in [0.2, 0.25) is 0 Å². The van der Waals surface area contributed by atoms with Crippen LogP contribution < -0.4 is 5.32 Å². The largest absolute Gasteiger partial charge is 0.338 e. The number of amides is 1. The average Bonchev–Trinajstić information content (AvgIpc) is 3.59. The summed E-state index contributed by atoms with van der Waals surface area (Å²) in [4.78, 5) is 31.0. The fourth-order valence-corrected chi connectivity index (χ4v) is 5.57. The van der Waals surface area contributed by atoms with Gasteiger partial charge in [-0.1, -0.05) is 30.3 Å². The van der Waals surface area contributed by atoms with Gasteiger partial charge in [0.15, 0.2) is 0 Å². The van der Waals surface area contributed by atoms with Crippen LogP contribution in [0, 0.1) is 17.8 Å². The van der Waals surface area contributed by atoms with Crippen molar-refractivity contribution in [2.75, 3.05) is 33.2 Å². The second kappa shape index (κ2) is 10.3. The van der Waals surface area contributed by atoms with Gasteiger partial charge in [0.2, 0.25) is 5.91 Å². The van der Waals surface area contributed by atoms with Crippen molar-refractivity contribution >= 4 is 11.7 Å². The number of benzene rings is 1. The zero-order valence-electron chi connectivity index (χ0n) is 19.3. The molecule has 4 atom stereocenters. The van der Waals surface area contributed by atoms with Crippen LogP contribution in [0.1, 0.15) is 51.0 Å². The normalized spacial score (nSPS) is 26.2. The monoisotopic (exact) mass is 425 g/mol. The molecular weight excluding hydrogens is 386 g/mol. The molecule has 3 aliphatic rings. The first-order valence-corrected chi connectivity index (χ1v) is 12.3. The maximum Gasteiger partial charge on any atom is 0.226 e. The molecule has 1 N–H and O–H groups in total. The number of Topliss-reactive ketones (excluding diaryl/α,β-unsaturated/α-hetero) is 1. The second-order valence-electron chi connectivity index (χ2n) is 9.95. The van der Waals surface area contributed by atoms with Gasteiger partial charge in [0.05, 0.1) is 6.04 Å². The summed E-state index contributed by atoms with van der Waals surface area (Å²) >= 11 is 0. The van der Waals surface area contributed by atoms with Gasteiger partial charge >= 0.3 is 0 Å². The van der Waals surface area contributed by atoms with Crippen LogP contribution >= 0.6 is 0 Å². The lowest BCUT2D eigenvalue weighted by atomic mass is 9.92. The van der Waals surface area contributed by atoms with E-state index in [1.807, 2.05) is 14.0 Å². The van der Waals surface area contributed by atoms with Crippen LogP contribution in [0.3, 0.4) is 0 Å². The van der Waals surface area contributed by atoms with Crippen LogP contribution in [0.5, 0.6) is 0 Å². The lowest BCUT2D eigenvalue weighted by molar-refractivity contribution is -0.140. The highest BCUT2D eigenvalue weighted by Gasteiger charge is 2.45. The number of likely N-dealkylation sites (tertiary alicyclic amines) is 2. The standard InChI is InChI=1S/C26H39N3O2/c1-19(27-2)25(30)17-23(21-10-11-21)26(31)29-16-13-22-9-6-14-28(18-24(22)29)15-12-20-7-4-3-5-8-20/h3-5,7-8,19,21-24,27H,6,9-18H2,1-2H3/t19-,22+,23-,24+/m0/s1. The van der Waals surface area contributed by atoms with Gasteiger partial charge in [-0.2, -0.15) is 0 Å². The molecule has 1 amide bonds. The van der Waals surface area contributed by atoms with E-state index in [1.54, 1.807) is 0 Å². The van der Waals surface area contributed by atoms with Crippen LogP contribution in [-0.2, 0) is 16.0 Å². The summed E-state index contributed by atoms with van der Waals surface area (Å²) < 4.78 is 0. The summed E-state index contributed by atoms with van der Waals surface area (Å²) in [5.41, 5.74) is 1.38. The molecule has 0 aromatic heterocycles. The molecule has 1 aromatic rings. The molecule has 4 rings (SSSR count). The summed E-state index contributed by atoms with van der Waals surface area (Å²) in [5.74, 6) is 1.37. The fourth-order valence-electron chi connectivity index (χ4n) is 5.57. The molecule has 0 spiro atoms. The minimum atomic E-state index is -0.174. The van der Waals surface area contributed by atoms with Crippen molar-refractivity contribution in [3.8, 4) is 0 Å². The lowest BCUT2D eigenvalue weighted by Crippen LogP contribution is -2.48. The number of carbonyl (C=O) groups excluding carboxylic acids is 2. The van der Waals surface area contributed by atoms with Gasteiger partial charge < -0.3 is 15.1 Å². The molecule has 1 saturated carbocycles. The summed E-state index contributed by atoms with van der Waals surface area (Å²) in [6, 6.07) is 10.8. The predicted molar refractivity (Wildman–Crippen MR) is 124 cm³/mol. The van der Waals surface area contributed by atoms with Crippen molar-refractivity contribution in [2.45, 2.75) is 64.0 Å². The number of hydrogen-bond acceptors (Lipinski definition) is 4. The van der Waals surface area contributed by atoms with Crippen molar-refractivity contribution in [2.24, 2.45) is 17.8 Å². The molecular formula is C26H39N3O2. The van der Waals surface area contributed by atoms with E-state index in [1.165, 1.54) is 18.4 Å². The molecule has 31 heavy (non-hydrogen) atoms. The quantitative estimate of drug-likeness (QED) is 0.660. The number of likely N-dealkylation sites (N-methyl/N-ethyl adjacent to an activating group) is 1. The van der Waals surface area contributed by atoms with E-state index >= 15 is 0 Å². The SMILES string of the molecule is CN[C@@H](C)C(=O)C[C@H](C(=O)N1CC[C@H]2CCCN(CCc3ccccc3)C[C@H]21)C1CC1. The third-order valence-electron chi connectivity index (χ3n) is 7.87. The Morgan fingerprint density at radius 1 is 1.10 bits per heavy atom. The highest BCUT2D eigenvalue weighted by atomic mass is 16.2. The summed E-state index contributed by atoms with van der Waals surface area (Å²) in [7, 11) is 1.82. The van der Waals surface area contributed by atoms with E-state index < -0.39 is 0 Å². The number of nitrogens with zero attached hydrogens (tertiary/aromatic N) is 2. The van der Waals surface area contributed by atoms with Crippen molar-refractivity contribution < 1.29 is 9.59 Å². The molecule has 0 unspecified atom stereocenters. The topological polar surface area (TPSA) is 52.7 Å². The number of carbonyl (C=O) groups is 2. The Kier molecular flexibility index (Phi) is 7.44. The lowest BCUT2D eigenvalue weighted by Gasteiger charge is -2.33. The molecule has 2 aliphatic heterocycles. The molecule has 1 aromatic carbocycles. The van der Waals surface area contributed by atoms with Gasteiger partial charge in [0, 0.05) is 38.0 Å². The Balaban J connectivity index is 1.40. The van der Waals surface area contributed by atoms with Crippen molar-refractivity contribution in [1.29, 1.82) is 0 Å². The van der Waals surface area contributed by atoms with Gasteiger partial charge in [0.1, 0.15) is 5.78 Å².